The first-order valence-electron chi connectivity index (χ1n) is 11.3. The quantitative estimate of drug-likeness (QED) is 0.485. The molecule has 0 spiro atoms. The Morgan fingerprint density at radius 2 is 1.82 bits per heavy atom. The van der Waals surface area contributed by atoms with Gasteiger partial charge in [0.1, 0.15) is 18.7 Å². The molecule has 9 nitrogen and oxygen atoms in total. The monoisotopic (exact) mass is 458 g/mol. The number of aliphatic hydroxyl groups is 1. The van der Waals surface area contributed by atoms with Gasteiger partial charge in [-0.3, -0.25) is 9.59 Å². The van der Waals surface area contributed by atoms with Crippen LogP contribution in [0, 0.1) is 23.2 Å². The van der Waals surface area contributed by atoms with Crippen LogP contribution in [0.4, 0.5) is 4.79 Å². The van der Waals surface area contributed by atoms with Gasteiger partial charge in [0, 0.05) is 6.54 Å². The number of amides is 3. The maximum atomic E-state index is 13.3. The third kappa shape index (κ3) is 7.19. The molecule has 3 N–H and O–H groups in total. The van der Waals surface area contributed by atoms with Gasteiger partial charge in [0.2, 0.25) is 11.8 Å². The van der Waals surface area contributed by atoms with Crippen molar-refractivity contribution in [3.63, 3.8) is 0 Å². The Morgan fingerprint density at radius 3 is 2.39 bits per heavy atom. The van der Waals surface area contributed by atoms with Crippen LogP contribution in [0.15, 0.2) is 30.3 Å². The molecule has 9 heteroatoms. The average Bonchev–Trinajstić information content (AvgIpc) is 3.29. The van der Waals surface area contributed by atoms with E-state index in [9.17, 15) is 19.5 Å². The van der Waals surface area contributed by atoms with Crippen LogP contribution in [0.3, 0.4) is 0 Å². The number of aliphatic hydroxyl groups excluding tert-OH is 1. The van der Waals surface area contributed by atoms with Gasteiger partial charge < -0.3 is 25.4 Å². The highest BCUT2D eigenvalue weighted by atomic mass is 16.5. The molecule has 1 aromatic carbocycles. The largest absolute Gasteiger partial charge is 0.445 e. The van der Waals surface area contributed by atoms with Crippen LogP contribution < -0.4 is 10.6 Å². The van der Waals surface area contributed by atoms with Crippen molar-refractivity contribution in [3.05, 3.63) is 35.9 Å². The highest BCUT2D eigenvalue weighted by molar-refractivity contribution is 5.92. The number of hydrogen-bond acceptors (Lipinski definition) is 6. The molecule has 1 fully saturated rings. The minimum Gasteiger partial charge on any atom is -0.445 e. The zero-order valence-corrected chi connectivity index (χ0v) is 19.7. The summed E-state index contributed by atoms with van der Waals surface area (Å²) < 4.78 is 5.26. The van der Waals surface area contributed by atoms with Crippen LogP contribution >= 0.6 is 0 Å². The van der Waals surface area contributed by atoms with Gasteiger partial charge in [-0.15, -0.1) is 0 Å². The molecule has 1 aliphatic rings. The molecular weight excluding hydrogens is 424 g/mol. The predicted molar refractivity (Wildman–Crippen MR) is 122 cm³/mol. The van der Waals surface area contributed by atoms with E-state index in [2.05, 4.69) is 10.6 Å². The van der Waals surface area contributed by atoms with Gasteiger partial charge in [-0.2, -0.15) is 5.26 Å². The lowest BCUT2D eigenvalue weighted by atomic mass is 9.98. The van der Waals surface area contributed by atoms with Crippen molar-refractivity contribution in [2.45, 2.75) is 71.4 Å². The maximum absolute atomic E-state index is 13.3. The number of alkyl carbamates (subject to hydrolysis) is 1. The highest BCUT2D eigenvalue weighted by Gasteiger charge is 2.40. The fourth-order valence-corrected chi connectivity index (χ4v) is 3.84. The second kappa shape index (κ2) is 12.2. The number of nitrogens with zero attached hydrogens (tertiary/aromatic N) is 2. The summed E-state index contributed by atoms with van der Waals surface area (Å²) in [6.45, 7) is 7.67. The summed E-state index contributed by atoms with van der Waals surface area (Å²) in [5.41, 5.74) is 0.829. The maximum Gasteiger partial charge on any atom is 0.408 e. The summed E-state index contributed by atoms with van der Waals surface area (Å²) in [6.07, 6.45) is -0.943. The summed E-state index contributed by atoms with van der Waals surface area (Å²) in [5, 5.41) is 24.3. The van der Waals surface area contributed by atoms with E-state index in [0.717, 1.165) is 5.56 Å². The molecule has 180 valence electrons. The molecule has 33 heavy (non-hydrogen) atoms. The van der Waals surface area contributed by atoms with E-state index in [1.807, 2.05) is 44.2 Å². The summed E-state index contributed by atoms with van der Waals surface area (Å²) in [6, 6.07) is 8.64. The molecule has 2 rings (SSSR count). The van der Waals surface area contributed by atoms with E-state index in [1.54, 1.807) is 19.9 Å². The first kappa shape index (κ1) is 26.1. The number of nitriles is 1. The Labute approximate surface area is 195 Å². The number of hydrogen-bond donors (Lipinski definition) is 3. The third-order valence-electron chi connectivity index (χ3n) is 5.76. The molecule has 1 aromatic rings. The summed E-state index contributed by atoms with van der Waals surface area (Å²) in [5.74, 6) is -1.17. The summed E-state index contributed by atoms with van der Waals surface area (Å²) in [4.78, 5) is 40.0. The second-order valence-corrected chi connectivity index (χ2v) is 8.97. The number of carbonyl (C=O) groups is 3. The SMILES string of the molecule is CC(C)C(NC(=O)[C@@H]1CCCN1C(=O)[C@@H](NC(=O)OCc1ccccc1)C(C)C)C(O)C#N. The number of ether oxygens (including phenoxy) is 1. The van der Waals surface area contributed by atoms with Crippen molar-refractivity contribution in [2.24, 2.45) is 11.8 Å². The fourth-order valence-electron chi connectivity index (χ4n) is 3.84. The van der Waals surface area contributed by atoms with Crippen molar-refractivity contribution in [1.82, 2.24) is 15.5 Å². The molecule has 1 aliphatic heterocycles. The fraction of sp³-hybridized carbons (Fsp3) is 0.583. The minimum absolute atomic E-state index is 0.0816. The van der Waals surface area contributed by atoms with Crippen LogP contribution in [0.25, 0.3) is 0 Å². The Hall–Kier alpha value is -3.12. The molecule has 1 heterocycles. The van der Waals surface area contributed by atoms with E-state index in [1.165, 1.54) is 4.90 Å². The van der Waals surface area contributed by atoms with Gasteiger partial charge in [0.05, 0.1) is 12.1 Å². The van der Waals surface area contributed by atoms with E-state index in [-0.39, 0.29) is 24.3 Å². The van der Waals surface area contributed by atoms with Gasteiger partial charge >= 0.3 is 6.09 Å². The first-order chi connectivity index (χ1) is 15.6. The second-order valence-electron chi connectivity index (χ2n) is 8.97. The van der Waals surface area contributed by atoms with Crippen LogP contribution in [-0.4, -0.2) is 58.7 Å². The molecule has 0 bridgehead atoms. The number of benzene rings is 1. The van der Waals surface area contributed by atoms with Crippen LogP contribution in [0.1, 0.15) is 46.1 Å². The zero-order chi connectivity index (χ0) is 24.5. The van der Waals surface area contributed by atoms with Gasteiger partial charge in [0.25, 0.3) is 0 Å². The molecule has 0 saturated carbocycles. The smallest absolute Gasteiger partial charge is 0.408 e. The number of likely N-dealkylation sites (tertiary alicyclic amines) is 1. The number of nitrogens with one attached hydrogen (secondary N) is 2. The van der Waals surface area contributed by atoms with Crippen molar-refractivity contribution in [3.8, 4) is 6.07 Å². The molecule has 2 unspecified atom stereocenters. The molecule has 4 atom stereocenters. The van der Waals surface area contributed by atoms with Gasteiger partial charge in [0.15, 0.2) is 6.10 Å². The number of carbonyl (C=O) groups excluding carboxylic acids is 3. The van der Waals surface area contributed by atoms with Crippen LogP contribution in [0.2, 0.25) is 0 Å². The lowest BCUT2D eigenvalue weighted by Gasteiger charge is -2.32. The standard InChI is InChI=1S/C24H34N4O5/c1-15(2)20(19(29)13-25)26-22(30)18-11-8-12-28(18)23(31)21(16(3)4)27-24(32)33-14-17-9-6-5-7-10-17/h5-7,9-10,15-16,18-21,29H,8,11-12,14H2,1-4H3,(H,26,30)(H,27,32)/t18-,19?,20?,21-/m0/s1. The Balaban J connectivity index is 2.04. The van der Waals surface area contributed by atoms with Crippen LogP contribution in [0.5, 0.6) is 0 Å². The van der Waals surface area contributed by atoms with Crippen molar-refractivity contribution >= 4 is 17.9 Å². The molecule has 1 saturated heterocycles. The van der Waals surface area contributed by atoms with Gasteiger partial charge in [-0.1, -0.05) is 58.0 Å². The van der Waals surface area contributed by atoms with E-state index in [4.69, 9.17) is 10.00 Å². The van der Waals surface area contributed by atoms with Crippen LogP contribution in [-0.2, 0) is 20.9 Å². The Kier molecular flexibility index (Phi) is 9.67. The Morgan fingerprint density at radius 1 is 1.15 bits per heavy atom. The molecule has 0 aromatic heterocycles. The van der Waals surface area contributed by atoms with E-state index < -0.39 is 36.2 Å². The molecule has 0 radical (unpaired) electrons. The summed E-state index contributed by atoms with van der Waals surface area (Å²) in [7, 11) is 0. The number of rotatable bonds is 9. The van der Waals surface area contributed by atoms with E-state index in [0.29, 0.717) is 19.4 Å². The molecule has 3 amide bonds. The lowest BCUT2D eigenvalue weighted by molar-refractivity contribution is -0.141. The predicted octanol–water partition coefficient (Wildman–Crippen LogP) is 1.95. The highest BCUT2D eigenvalue weighted by Crippen LogP contribution is 2.21. The minimum atomic E-state index is -1.34. The van der Waals surface area contributed by atoms with Crippen molar-refractivity contribution in [1.29, 1.82) is 5.26 Å². The zero-order valence-electron chi connectivity index (χ0n) is 19.7. The lowest BCUT2D eigenvalue weighted by Crippen LogP contribution is -2.57. The molecular formula is C24H34N4O5. The Bertz CT molecular complexity index is 852. The summed E-state index contributed by atoms with van der Waals surface area (Å²) >= 11 is 0. The van der Waals surface area contributed by atoms with Gasteiger partial charge in [-0.05, 0) is 30.2 Å². The average molecular weight is 459 g/mol. The normalized spacial score (nSPS) is 18.4. The van der Waals surface area contributed by atoms with Crippen molar-refractivity contribution in [2.75, 3.05) is 6.54 Å². The first-order valence-corrected chi connectivity index (χ1v) is 11.3. The van der Waals surface area contributed by atoms with Crippen molar-refractivity contribution < 1.29 is 24.2 Å². The topological polar surface area (TPSA) is 132 Å². The molecule has 0 aliphatic carbocycles. The van der Waals surface area contributed by atoms with E-state index >= 15 is 0 Å². The van der Waals surface area contributed by atoms with Gasteiger partial charge in [-0.25, -0.2) is 4.79 Å². The third-order valence-corrected chi connectivity index (χ3v) is 5.76.